The van der Waals surface area contributed by atoms with Gasteiger partial charge in [-0.25, -0.2) is 0 Å². The fourth-order valence-corrected chi connectivity index (χ4v) is 2.89. The van der Waals surface area contributed by atoms with Crippen molar-refractivity contribution in [2.45, 2.75) is 64.0 Å². The molecule has 2 rings (SSSR count). The summed E-state index contributed by atoms with van der Waals surface area (Å²) >= 11 is 0. The van der Waals surface area contributed by atoms with Gasteiger partial charge >= 0.3 is 0 Å². The fraction of sp³-hybridized carbons (Fsp3) is 1.00. The van der Waals surface area contributed by atoms with Gasteiger partial charge in [-0.15, -0.1) is 0 Å². The molecule has 2 fully saturated rings. The molecule has 0 aromatic heterocycles. The van der Waals surface area contributed by atoms with Crippen molar-refractivity contribution in [3.8, 4) is 0 Å². The Kier molecular flexibility index (Phi) is 4.45. The minimum atomic E-state index is 0.496. The summed E-state index contributed by atoms with van der Waals surface area (Å²) in [5, 5.41) is 3.70. The van der Waals surface area contributed by atoms with Crippen molar-refractivity contribution in [2.24, 2.45) is 5.92 Å². The largest absolute Gasteiger partial charge is 0.377 e. The zero-order valence-electron chi connectivity index (χ0n) is 10.0. The molecule has 0 aromatic rings. The number of hydrogen-bond acceptors (Lipinski definition) is 2. The molecule has 1 aliphatic heterocycles. The number of nitrogens with one attached hydrogen (secondary N) is 1. The van der Waals surface area contributed by atoms with E-state index in [1.165, 1.54) is 44.9 Å². The van der Waals surface area contributed by atoms with Crippen molar-refractivity contribution in [3.05, 3.63) is 0 Å². The normalized spacial score (nSPS) is 37.8. The second-order valence-electron chi connectivity index (χ2n) is 5.37. The molecule has 3 unspecified atom stereocenters. The predicted octanol–water partition coefficient (Wildman–Crippen LogP) is 2.72. The summed E-state index contributed by atoms with van der Waals surface area (Å²) in [5.74, 6) is 0.920. The number of hydrogen-bond donors (Lipinski definition) is 1. The van der Waals surface area contributed by atoms with Crippen LogP contribution in [0.2, 0.25) is 0 Å². The quantitative estimate of drug-likeness (QED) is 0.775. The summed E-state index contributed by atoms with van der Waals surface area (Å²) in [6, 6.07) is 0.763. The van der Waals surface area contributed by atoms with Crippen LogP contribution in [-0.2, 0) is 4.74 Å². The first-order valence-electron chi connectivity index (χ1n) is 6.69. The third kappa shape index (κ3) is 3.76. The van der Waals surface area contributed by atoms with Crippen LogP contribution in [0.5, 0.6) is 0 Å². The Morgan fingerprint density at radius 1 is 1.13 bits per heavy atom. The van der Waals surface area contributed by atoms with Crippen LogP contribution < -0.4 is 5.32 Å². The molecule has 1 saturated heterocycles. The van der Waals surface area contributed by atoms with Gasteiger partial charge in [0.15, 0.2) is 0 Å². The van der Waals surface area contributed by atoms with Gasteiger partial charge in [-0.3, -0.25) is 0 Å². The predicted molar refractivity (Wildman–Crippen MR) is 63.0 cm³/mol. The molecule has 1 N–H and O–H groups in total. The Labute approximate surface area is 93.8 Å². The maximum atomic E-state index is 5.73. The van der Waals surface area contributed by atoms with E-state index in [9.17, 15) is 0 Å². The summed E-state index contributed by atoms with van der Waals surface area (Å²) < 4.78 is 5.73. The average Bonchev–Trinajstić information content (AvgIpc) is 2.28. The van der Waals surface area contributed by atoms with Gasteiger partial charge in [-0.2, -0.15) is 0 Å². The number of rotatable bonds is 3. The van der Waals surface area contributed by atoms with Crippen LogP contribution in [0.4, 0.5) is 0 Å². The first-order valence-corrected chi connectivity index (χ1v) is 6.69. The Bertz CT molecular complexity index is 177. The van der Waals surface area contributed by atoms with Crippen molar-refractivity contribution in [1.29, 1.82) is 0 Å². The third-order valence-corrected chi connectivity index (χ3v) is 3.84. The highest BCUT2D eigenvalue weighted by Gasteiger charge is 2.20. The van der Waals surface area contributed by atoms with E-state index in [0.717, 1.165) is 25.1 Å². The van der Waals surface area contributed by atoms with Crippen LogP contribution in [0, 0.1) is 5.92 Å². The molecular weight excluding hydrogens is 186 g/mol. The summed E-state index contributed by atoms with van der Waals surface area (Å²) in [5.41, 5.74) is 0. The molecule has 2 aliphatic rings. The van der Waals surface area contributed by atoms with Crippen LogP contribution in [-0.4, -0.2) is 25.3 Å². The molecule has 0 amide bonds. The molecule has 88 valence electrons. The summed E-state index contributed by atoms with van der Waals surface area (Å²) in [4.78, 5) is 0. The lowest BCUT2D eigenvalue weighted by atomic mass is 9.87. The molecule has 2 heteroatoms. The van der Waals surface area contributed by atoms with Gasteiger partial charge in [0, 0.05) is 19.2 Å². The van der Waals surface area contributed by atoms with Gasteiger partial charge in [0.05, 0.1) is 6.10 Å². The second-order valence-corrected chi connectivity index (χ2v) is 5.37. The molecule has 0 aromatic carbocycles. The van der Waals surface area contributed by atoms with E-state index in [4.69, 9.17) is 4.74 Å². The van der Waals surface area contributed by atoms with Crippen LogP contribution in [0.25, 0.3) is 0 Å². The van der Waals surface area contributed by atoms with Crippen LogP contribution >= 0.6 is 0 Å². The van der Waals surface area contributed by atoms with Crippen molar-refractivity contribution in [3.63, 3.8) is 0 Å². The summed E-state index contributed by atoms with van der Waals surface area (Å²) in [6.45, 7) is 4.44. The van der Waals surface area contributed by atoms with Crippen molar-refractivity contribution >= 4 is 0 Å². The second kappa shape index (κ2) is 5.86. The standard InChI is InChI=1S/C13H25NO/c1-11-5-4-6-12(9-11)14-10-13-7-2-3-8-15-13/h11-14H,2-10H2,1H3. The fourth-order valence-electron chi connectivity index (χ4n) is 2.89. The minimum absolute atomic E-state index is 0.496. The van der Waals surface area contributed by atoms with Gasteiger partial charge in [0.2, 0.25) is 0 Å². The maximum absolute atomic E-state index is 5.73. The Morgan fingerprint density at radius 2 is 2.07 bits per heavy atom. The Morgan fingerprint density at radius 3 is 2.80 bits per heavy atom. The zero-order valence-corrected chi connectivity index (χ0v) is 10.0. The lowest BCUT2D eigenvalue weighted by Gasteiger charge is -2.30. The molecule has 1 saturated carbocycles. The van der Waals surface area contributed by atoms with E-state index in [-0.39, 0.29) is 0 Å². The van der Waals surface area contributed by atoms with E-state index < -0.39 is 0 Å². The van der Waals surface area contributed by atoms with Crippen LogP contribution in [0.3, 0.4) is 0 Å². The summed E-state index contributed by atoms with van der Waals surface area (Å²) in [6.07, 6.45) is 9.95. The Hall–Kier alpha value is -0.0800. The first kappa shape index (κ1) is 11.4. The van der Waals surface area contributed by atoms with Crippen molar-refractivity contribution in [2.75, 3.05) is 13.2 Å². The number of ether oxygens (including phenoxy) is 1. The van der Waals surface area contributed by atoms with Gasteiger partial charge in [-0.1, -0.05) is 19.8 Å². The summed E-state index contributed by atoms with van der Waals surface area (Å²) in [7, 11) is 0. The monoisotopic (exact) mass is 211 g/mol. The zero-order chi connectivity index (χ0) is 10.5. The molecule has 15 heavy (non-hydrogen) atoms. The van der Waals surface area contributed by atoms with Gasteiger partial charge in [0.25, 0.3) is 0 Å². The van der Waals surface area contributed by atoms with Crippen molar-refractivity contribution < 1.29 is 4.74 Å². The van der Waals surface area contributed by atoms with Crippen LogP contribution in [0.1, 0.15) is 51.9 Å². The van der Waals surface area contributed by atoms with E-state index >= 15 is 0 Å². The average molecular weight is 211 g/mol. The topological polar surface area (TPSA) is 21.3 Å². The molecule has 0 bridgehead atoms. The van der Waals surface area contributed by atoms with Gasteiger partial charge in [0.1, 0.15) is 0 Å². The maximum Gasteiger partial charge on any atom is 0.0699 e. The Balaban J connectivity index is 1.63. The lowest BCUT2D eigenvalue weighted by molar-refractivity contribution is 0.0142. The van der Waals surface area contributed by atoms with Gasteiger partial charge < -0.3 is 10.1 Å². The highest BCUT2D eigenvalue weighted by Crippen LogP contribution is 2.23. The highest BCUT2D eigenvalue weighted by atomic mass is 16.5. The SMILES string of the molecule is CC1CCCC(NCC2CCCCO2)C1. The first-order chi connectivity index (χ1) is 7.34. The molecule has 0 spiro atoms. The molecular formula is C13H25NO. The lowest BCUT2D eigenvalue weighted by Crippen LogP contribution is -2.40. The van der Waals surface area contributed by atoms with Crippen LogP contribution in [0.15, 0.2) is 0 Å². The molecule has 1 aliphatic carbocycles. The van der Waals surface area contributed by atoms with Gasteiger partial charge in [-0.05, 0) is 38.0 Å². The molecule has 1 heterocycles. The van der Waals surface area contributed by atoms with Crippen molar-refractivity contribution in [1.82, 2.24) is 5.32 Å². The van der Waals surface area contributed by atoms with E-state index in [0.29, 0.717) is 6.10 Å². The minimum Gasteiger partial charge on any atom is -0.377 e. The molecule has 0 radical (unpaired) electrons. The van der Waals surface area contributed by atoms with E-state index in [1.54, 1.807) is 0 Å². The third-order valence-electron chi connectivity index (χ3n) is 3.84. The van der Waals surface area contributed by atoms with E-state index in [2.05, 4.69) is 12.2 Å². The molecule has 2 nitrogen and oxygen atoms in total. The molecule has 3 atom stereocenters. The highest BCUT2D eigenvalue weighted by molar-refractivity contribution is 4.77. The van der Waals surface area contributed by atoms with E-state index in [1.807, 2.05) is 0 Å². The smallest absolute Gasteiger partial charge is 0.0699 e.